The van der Waals surface area contributed by atoms with Gasteiger partial charge in [-0.15, -0.1) is 0 Å². The number of benzene rings is 8. The molecule has 2 heteroatoms. The predicted molar refractivity (Wildman–Crippen MR) is 234 cm³/mol. The van der Waals surface area contributed by atoms with Gasteiger partial charge in [-0.1, -0.05) is 137 Å². The third-order valence-electron chi connectivity index (χ3n) is 13.2. The molecule has 2 nitrogen and oxygen atoms in total. The molecular weight excluding hydrogens is 679 g/mol. The number of rotatable bonds is 3. The van der Waals surface area contributed by atoms with Crippen LogP contribution in [0, 0.1) is 0 Å². The molecule has 56 heavy (non-hydrogen) atoms. The molecule has 0 amide bonds. The van der Waals surface area contributed by atoms with Crippen molar-refractivity contribution in [3.8, 4) is 50.2 Å². The van der Waals surface area contributed by atoms with Crippen LogP contribution in [0.2, 0.25) is 0 Å². The maximum absolute atomic E-state index is 6.35. The van der Waals surface area contributed by atoms with Gasteiger partial charge in [-0.2, -0.15) is 0 Å². The molecule has 266 valence electrons. The van der Waals surface area contributed by atoms with Gasteiger partial charge in [-0.25, -0.2) is 0 Å². The fraction of sp³-hybridized carbons (Fsp3) is 0.111. The molecule has 2 aliphatic carbocycles. The van der Waals surface area contributed by atoms with Crippen molar-refractivity contribution in [3.05, 3.63) is 186 Å². The lowest BCUT2D eigenvalue weighted by Crippen LogP contribution is -2.15. The van der Waals surface area contributed by atoms with Crippen molar-refractivity contribution >= 4 is 43.7 Å². The minimum Gasteiger partial charge on any atom is -0.456 e. The number of aromatic nitrogens is 1. The molecule has 8 aromatic carbocycles. The zero-order chi connectivity index (χ0) is 37.5. The van der Waals surface area contributed by atoms with Crippen molar-refractivity contribution in [1.82, 2.24) is 4.57 Å². The Morgan fingerprint density at radius 1 is 0.393 bits per heavy atom. The van der Waals surface area contributed by atoms with E-state index in [-0.39, 0.29) is 10.8 Å². The van der Waals surface area contributed by atoms with Crippen molar-refractivity contribution in [1.29, 1.82) is 0 Å². The summed E-state index contributed by atoms with van der Waals surface area (Å²) in [6.45, 7) is 9.48. The van der Waals surface area contributed by atoms with Crippen LogP contribution < -0.4 is 0 Å². The second kappa shape index (κ2) is 11.0. The van der Waals surface area contributed by atoms with Crippen molar-refractivity contribution < 1.29 is 4.42 Å². The number of para-hydroxylation sites is 1. The molecule has 0 atom stereocenters. The molecule has 0 radical (unpaired) electrons. The molecule has 2 heterocycles. The van der Waals surface area contributed by atoms with Crippen molar-refractivity contribution in [2.75, 3.05) is 0 Å². The first-order valence-corrected chi connectivity index (χ1v) is 19.8. The van der Waals surface area contributed by atoms with E-state index in [1.165, 1.54) is 105 Å². The number of hydrogen-bond donors (Lipinski definition) is 0. The van der Waals surface area contributed by atoms with E-state index < -0.39 is 0 Å². The summed E-state index contributed by atoms with van der Waals surface area (Å²) in [6, 6.07) is 60.8. The summed E-state index contributed by atoms with van der Waals surface area (Å²) in [7, 11) is 0. The molecular formula is C54H39NO. The summed E-state index contributed by atoms with van der Waals surface area (Å²) in [4.78, 5) is 0. The molecule has 0 saturated carbocycles. The van der Waals surface area contributed by atoms with Crippen LogP contribution in [0.3, 0.4) is 0 Å². The Hall–Kier alpha value is -6.64. The average Bonchev–Trinajstić information content (AvgIpc) is 3.91. The summed E-state index contributed by atoms with van der Waals surface area (Å²) < 4.78 is 8.83. The van der Waals surface area contributed by atoms with Gasteiger partial charge in [0.2, 0.25) is 0 Å². The highest BCUT2D eigenvalue weighted by molar-refractivity contribution is 6.13. The van der Waals surface area contributed by atoms with Crippen LogP contribution in [0.15, 0.2) is 168 Å². The Balaban J connectivity index is 1.04. The van der Waals surface area contributed by atoms with Crippen LogP contribution in [0.1, 0.15) is 49.9 Å². The first kappa shape index (κ1) is 31.7. The lowest BCUT2D eigenvalue weighted by molar-refractivity contribution is 0.657. The molecule has 0 unspecified atom stereocenters. The summed E-state index contributed by atoms with van der Waals surface area (Å²) in [5, 5.41) is 4.94. The summed E-state index contributed by atoms with van der Waals surface area (Å²) in [5.74, 6) is 0. The smallest absolute Gasteiger partial charge is 0.135 e. The lowest BCUT2D eigenvalue weighted by Gasteiger charge is -2.23. The Morgan fingerprint density at radius 3 is 1.79 bits per heavy atom. The minimum atomic E-state index is -0.196. The van der Waals surface area contributed by atoms with Crippen molar-refractivity contribution in [2.24, 2.45) is 0 Å². The number of hydrogen-bond acceptors (Lipinski definition) is 1. The van der Waals surface area contributed by atoms with E-state index in [4.69, 9.17) is 4.42 Å². The zero-order valence-electron chi connectivity index (χ0n) is 31.9. The first-order valence-electron chi connectivity index (χ1n) is 19.8. The highest BCUT2D eigenvalue weighted by Gasteiger charge is 2.39. The Kier molecular flexibility index (Phi) is 6.22. The average molecular weight is 718 g/mol. The standard InChI is InChI=1S/C54H39NO/c1-53(2)44-16-10-8-14-37(44)38-23-21-36(31-46(38)53)55-47-25-19-33(32-12-6-5-7-13-32)28-42(47)43-29-34(20-26-48(43)55)35-18-22-39-40-24-27-50-51(41-15-9-11-17-49(41)56-50)52(40)54(3,4)45(39)30-35/h5-31H,1-4H3. The van der Waals surface area contributed by atoms with Gasteiger partial charge in [0.15, 0.2) is 0 Å². The summed E-state index contributed by atoms with van der Waals surface area (Å²) in [5.41, 5.74) is 21.0. The van der Waals surface area contributed by atoms with Gasteiger partial charge in [0.1, 0.15) is 11.2 Å². The van der Waals surface area contributed by atoms with Gasteiger partial charge in [-0.3, -0.25) is 0 Å². The van der Waals surface area contributed by atoms with E-state index in [0.29, 0.717) is 0 Å². The molecule has 0 saturated heterocycles. The molecule has 10 aromatic rings. The number of nitrogens with zero attached hydrogens (tertiary/aromatic N) is 1. The predicted octanol–water partition coefficient (Wildman–Crippen LogP) is 14.6. The van der Waals surface area contributed by atoms with Gasteiger partial charge < -0.3 is 8.98 Å². The summed E-state index contributed by atoms with van der Waals surface area (Å²) >= 11 is 0. The highest BCUT2D eigenvalue weighted by atomic mass is 16.3. The van der Waals surface area contributed by atoms with Gasteiger partial charge in [0.05, 0.1) is 11.0 Å². The molecule has 2 aromatic heterocycles. The zero-order valence-corrected chi connectivity index (χ0v) is 31.9. The Labute approximate surface area is 326 Å². The largest absolute Gasteiger partial charge is 0.456 e. The second-order valence-electron chi connectivity index (χ2n) is 16.9. The van der Waals surface area contributed by atoms with E-state index in [9.17, 15) is 0 Å². The SMILES string of the molecule is CC1(C)c2ccccc2-c2ccc(-n3c4ccc(-c5ccccc5)cc4c4cc(-c5ccc6c(c5)C(C)(C)c5c-6ccc6oc7ccccc7c56)ccc43)cc21. The van der Waals surface area contributed by atoms with E-state index in [0.717, 1.165) is 11.2 Å². The number of furan rings is 1. The van der Waals surface area contributed by atoms with Crippen molar-refractivity contribution in [2.45, 2.75) is 38.5 Å². The molecule has 0 N–H and O–H groups in total. The third-order valence-corrected chi connectivity index (χ3v) is 13.2. The third kappa shape index (κ3) is 4.16. The van der Waals surface area contributed by atoms with Gasteiger partial charge in [0.25, 0.3) is 0 Å². The van der Waals surface area contributed by atoms with Crippen LogP contribution in [-0.2, 0) is 10.8 Å². The maximum atomic E-state index is 6.35. The van der Waals surface area contributed by atoms with Crippen LogP contribution in [0.4, 0.5) is 0 Å². The van der Waals surface area contributed by atoms with Crippen molar-refractivity contribution in [3.63, 3.8) is 0 Å². The molecule has 0 fully saturated rings. The molecule has 0 aliphatic heterocycles. The Bertz CT molecular complexity index is 3300. The topological polar surface area (TPSA) is 18.1 Å². The van der Waals surface area contributed by atoms with Crippen LogP contribution in [0.5, 0.6) is 0 Å². The van der Waals surface area contributed by atoms with E-state index in [1.807, 2.05) is 0 Å². The van der Waals surface area contributed by atoms with Crippen LogP contribution in [0.25, 0.3) is 93.9 Å². The number of fused-ring (bicyclic) bond motifs is 13. The van der Waals surface area contributed by atoms with E-state index in [1.54, 1.807) is 0 Å². The van der Waals surface area contributed by atoms with Gasteiger partial charge in [-0.05, 0) is 121 Å². The van der Waals surface area contributed by atoms with Crippen LogP contribution >= 0.6 is 0 Å². The van der Waals surface area contributed by atoms with Crippen LogP contribution in [-0.4, -0.2) is 4.57 Å². The molecule has 12 rings (SSSR count). The lowest BCUT2D eigenvalue weighted by atomic mass is 9.80. The minimum absolute atomic E-state index is 0.0775. The van der Waals surface area contributed by atoms with E-state index >= 15 is 0 Å². The first-order chi connectivity index (χ1) is 27.3. The van der Waals surface area contributed by atoms with Gasteiger partial charge >= 0.3 is 0 Å². The highest BCUT2D eigenvalue weighted by Crippen LogP contribution is 2.54. The van der Waals surface area contributed by atoms with Gasteiger partial charge in [0, 0.05) is 38.1 Å². The molecule has 0 spiro atoms. The second-order valence-corrected chi connectivity index (χ2v) is 16.9. The monoisotopic (exact) mass is 717 g/mol. The Morgan fingerprint density at radius 2 is 0.982 bits per heavy atom. The maximum Gasteiger partial charge on any atom is 0.135 e. The molecule has 2 aliphatic rings. The van der Waals surface area contributed by atoms with E-state index in [2.05, 4.69) is 196 Å². The summed E-state index contributed by atoms with van der Waals surface area (Å²) in [6.07, 6.45) is 0. The molecule has 0 bridgehead atoms. The fourth-order valence-electron chi connectivity index (χ4n) is 10.4. The fourth-order valence-corrected chi connectivity index (χ4v) is 10.4. The quantitative estimate of drug-likeness (QED) is 0.178. The normalized spacial score (nSPS) is 14.7.